The van der Waals surface area contributed by atoms with Crippen LogP contribution in [0.5, 0.6) is 0 Å². The Balaban J connectivity index is 1.54. The van der Waals surface area contributed by atoms with Gasteiger partial charge in [-0.2, -0.15) is 5.10 Å². The van der Waals surface area contributed by atoms with Crippen LogP contribution in [0.3, 0.4) is 0 Å². The summed E-state index contributed by atoms with van der Waals surface area (Å²) in [7, 11) is 0. The first-order valence-corrected chi connectivity index (χ1v) is 11.0. The molecule has 1 atom stereocenters. The van der Waals surface area contributed by atoms with E-state index in [1.807, 2.05) is 19.1 Å². The summed E-state index contributed by atoms with van der Waals surface area (Å²) in [5.41, 5.74) is 6.03. The molecule has 0 saturated carbocycles. The van der Waals surface area contributed by atoms with Crippen molar-refractivity contribution in [2.24, 2.45) is 0 Å². The van der Waals surface area contributed by atoms with Gasteiger partial charge in [0.15, 0.2) is 0 Å². The summed E-state index contributed by atoms with van der Waals surface area (Å²) in [6, 6.07) is 14.8. The summed E-state index contributed by atoms with van der Waals surface area (Å²) in [6.07, 6.45) is 3.43. The van der Waals surface area contributed by atoms with E-state index in [1.54, 1.807) is 10.7 Å². The Bertz CT molecular complexity index is 1110. The molecule has 1 amide bonds. The van der Waals surface area contributed by atoms with Gasteiger partial charge in [0.2, 0.25) is 5.91 Å². The number of hydrogen-bond donors (Lipinski definition) is 1. The third kappa shape index (κ3) is 4.55. The third-order valence-corrected chi connectivity index (χ3v) is 6.06. The molecule has 5 heteroatoms. The topological polar surface area (TPSA) is 46.9 Å². The second-order valence-corrected chi connectivity index (χ2v) is 9.48. The molecular weight excluding hydrogens is 389 g/mol. The average Bonchev–Trinajstić information content (AvgIpc) is 3.37. The van der Waals surface area contributed by atoms with Gasteiger partial charge in [-0.25, -0.2) is 9.07 Å². The van der Waals surface area contributed by atoms with Gasteiger partial charge in [-0.1, -0.05) is 45.0 Å². The highest BCUT2D eigenvalue weighted by atomic mass is 19.1. The van der Waals surface area contributed by atoms with Crippen LogP contribution in [0.2, 0.25) is 0 Å². The Labute approximate surface area is 183 Å². The number of benzene rings is 2. The smallest absolute Gasteiger partial charge is 0.227 e. The number of fused-ring (bicyclic) bond motifs is 1. The van der Waals surface area contributed by atoms with Gasteiger partial charge in [-0.15, -0.1) is 0 Å². The predicted octanol–water partition coefficient (Wildman–Crippen LogP) is 5.22. The summed E-state index contributed by atoms with van der Waals surface area (Å²) in [5, 5.41) is 7.77. The molecule has 0 bridgehead atoms. The van der Waals surface area contributed by atoms with Crippen molar-refractivity contribution in [3.63, 3.8) is 0 Å². The molecule has 4 rings (SSSR count). The van der Waals surface area contributed by atoms with Crippen molar-refractivity contribution in [1.29, 1.82) is 0 Å². The van der Waals surface area contributed by atoms with Gasteiger partial charge in [0.1, 0.15) is 5.82 Å². The van der Waals surface area contributed by atoms with Crippen molar-refractivity contribution in [2.45, 2.75) is 64.8 Å². The number of rotatable bonds is 5. The quantitative estimate of drug-likeness (QED) is 0.616. The Morgan fingerprint density at radius 1 is 1.13 bits per heavy atom. The second kappa shape index (κ2) is 8.29. The lowest BCUT2D eigenvalue weighted by Gasteiger charge is -2.15. The molecule has 2 aromatic carbocycles. The Kier molecular flexibility index (Phi) is 5.69. The summed E-state index contributed by atoms with van der Waals surface area (Å²) in [4.78, 5) is 12.9. The molecule has 1 aliphatic rings. The SMILES string of the molecule is CC(C(=O)NCc1cc(C(C)(C)C)nn1-c1cccc(F)c1)c1ccc2c(c1)CCC2. The standard InChI is InChI=1S/C26H30FN3O/c1-17(19-12-11-18-7-5-8-20(18)13-19)25(31)28-16-23-15-24(26(2,3)4)29-30(23)22-10-6-9-21(27)14-22/h6,9-15,17H,5,7-8,16H2,1-4H3,(H,28,31). The van der Waals surface area contributed by atoms with Crippen LogP contribution in [0.4, 0.5) is 4.39 Å². The minimum Gasteiger partial charge on any atom is -0.350 e. The molecule has 0 radical (unpaired) electrons. The van der Waals surface area contributed by atoms with Crippen molar-refractivity contribution < 1.29 is 9.18 Å². The first-order chi connectivity index (χ1) is 14.7. The number of nitrogens with one attached hydrogen (secondary N) is 1. The highest BCUT2D eigenvalue weighted by Crippen LogP contribution is 2.27. The van der Waals surface area contributed by atoms with Crippen LogP contribution in [0, 0.1) is 5.82 Å². The van der Waals surface area contributed by atoms with Crippen molar-refractivity contribution >= 4 is 5.91 Å². The zero-order valence-corrected chi connectivity index (χ0v) is 18.7. The highest BCUT2D eigenvalue weighted by Gasteiger charge is 2.22. The molecule has 1 aliphatic carbocycles. The molecule has 162 valence electrons. The van der Waals surface area contributed by atoms with Gasteiger partial charge >= 0.3 is 0 Å². The molecule has 1 aromatic heterocycles. The highest BCUT2D eigenvalue weighted by molar-refractivity contribution is 5.83. The Hall–Kier alpha value is -2.95. The van der Waals surface area contributed by atoms with Crippen LogP contribution >= 0.6 is 0 Å². The fourth-order valence-electron chi connectivity index (χ4n) is 4.09. The van der Waals surface area contributed by atoms with Crippen molar-refractivity contribution in [1.82, 2.24) is 15.1 Å². The maximum absolute atomic E-state index is 13.8. The van der Waals surface area contributed by atoms with E-state index >= 15 is 0 Å². The van der Waals surface area contributed by atoms with E-state index < -0.39 is 0 Å². The largest absolute Gasteiger partial charge is 0.350 e. The summed E-state index contributed by atoms with van der Waals surface area (Å²) in [5.74, 6) is -0.577. The van der Waals surface area contributed by atoms with E-state index in [4.69, 9.17) is 5.10 Å². The fraction of sp³-hybridized carbons (Fsp3) is 0.385. The number of nitrogens with zero attached hydrogens (tertiary/aromatic N) is 2. The molecular formula is C26H30FN3O. The van der Waals surface area contributed by atoms with E-state index in [0.29, 0.717) is 12.2 Å². The first-order valence-electron chi connectivity index (χ1n) is 11.0. The van der Waals surface area contributed by atoms with Crippen molar-refractivity contribution in [3.8, 4) is 5.69 Å². The minimum atomic E-state index is -0.314. The third-order valence-electron chi connectivity index (χ3n) is 6.06. The van der Waals surface area contributed by atoms with Crippen LogP contribution < -0.4 is 5.32 Å². The number of aryl methyl sites for hydroxylation is 2. The number of aromatic nitrogens is 2. The van der Waals surface area contributed by atoms with Crippen LogP contribution in [0.25, 0.3) is 5.69 Å². The molecule has 31 heavy (non-hydrogen) atoms. The van der Waals surface area contributed by atoms with Crippen LogP contribution in [-0.2, 0) is 29.6 Å². The van der Waals surface area contributed by atoms with Gasteiger partial charge in [-0.3, -0.25) is 4.79 Å². The van der Waals surface area contributed by atoms with Crippen molar-refractivity contribution in [3.05, 3.63) is 82.4 Å². The lowest BCUT2D eigenvalue weighted by molar-refractivity contribution is -0.122. The second-order valence-electron chi connectivity index (χ2n) is 9.48. The van der Waals surface area contributed by atoms with Crippen LogP contribution in [-0.4, -0.2) is 15.7 Å². The van der Waals surface area contributed by atoms with E-state index in [1.165, 1.54) is 29.7 Å². The number of hydrogen-bond acceptors (Lipinski definition) is 2. The first kappa shape index (κ1) is 21.3. The maximum atomic E-state index is 13.8. The van der Waals surface area contributed by atoms with Gasteiger partial charge in [0.05, 0.1) is 29.5 Å². The van der Waals surface area contributed by atoms with E-state index in [9.17, 15) is 9.18 Å². The lowest BCUT2D eigenvalue weighted by Crippen LogP contribution is -2.28. The molecule has 0 fully saturated rings. The number of amides is 1. The van der Waals surface area contributed by atoms with Gasteiger partial charge in [-0.05, 0) is 67.1 Å². The maximum Gasteiger partial charge on any atom is 0.227 e. The van der Waals surface area contributed by atoms with Gasteiger partial charge in [0, 0.05) is 5.41 Å². The zero-order valence-electron chi connectivity index (χ0n) is 18.7. The van der Waals surface area contributed by atoms with Gasteiger partial charge in [0.25, 0.3) is 0 Å². The van der Waals surface area contributed by atoms with Crippen LogP contribution in [0.15, 0.2) is 48.5 Å². The predicted molar refractivity (Wildman–Crippen MR) is 121 cm³/mol. The molecule has 0 spiro atoms. The number of halogens is 1. The lowest BCUT2D eigenvalue weighted by atomic mass is 9.92. The normalized spacial score (nSPS) is 14.4. The molecule has 4 nitrogen and oxygen atoms in total. The molecule has 0 aliphatic heterocycles. The Morgan fingerprint density at radius 3 is 2.65 bits per heavy atom. The van der Waals surface area contributed by atoms with Crippen LogP contribution in [0.1, 0.15) is 68.1 Å². The van der Waals surface area contributed by atoms with E-state index in [0.717, 1.165) is 29.8 Å². The molecule has 1 unspecified atom stereocenters. The van der Waals surface area contributed by atoms with E-state index in [2.05, 4.69) is 44.3 Å². The summed E-state index contributed by atoms with van der Waals surface area (Å²) in [6.45, 7) is 8.53. The zero-order chi connectivity index (χ0) is 22.2. The molecule has 0 saturated heterocycles. The number of carbonyl (C=O) groups is 1. The molecule has 3 aromatic rings. The summed E-state index contributed by atoms with van der Waals surface area (Å²) < 4.78 is 15.5. The average molecular weight is 420 g/mol. The Morgan fingerprint density at radius 2 is 1.90 bits per heavy atom. The van der Waals surface area contributed by atoms with E-state index in [-0.39, 0.29) is 23.1 Å². The monoisotopic (exact) mass is 419 g/mol. The van der Waals surface area contributed by atoms with Gasteiger partial charge < -0.3 is 5.32 Å². The molecule has 1 N–H and O–H groups in total. The summed E-state index contributed by atoms with van der Waals surface area (Å²) >= 11 is 0. The minimum absolute atomic E-state index is 0.0257. The molecule has 1 heterocycles. The van der Waals surface area contributed by atoms with Crippen molar-refractivity contribution in [2.75, 3.05) is 0 Å². The fourth-order valence-corrected chi connectivity index (χ4v) is 4.09. The number of carbonyl (C=O) groups excluding carboxylic acids is 1.